The molecule has 0 bridgehead atoms. The van der Waals surface area contributed by atoms with E-state index in [1.807, 2.05) is 30.3 Å². The number of aromatic nitrogens is 2. The maximum atomic E-state index is 14.1. The second-order valence-corrected chi connectivity index (χ2v) is 4.50. The second kappa shape index (κ2) is 4.47. The van der Waals surface area contributed by atoms with Gasteiger partial charge in [-0.05, 0) is 5.56 Å². The number of halogens is 1. The summed E-state index contributed by atoms with van der Waals surface area (Å²) in [5.74, 6) is 0.481. The number of benzene rings is 1. The average molecular weight is 259 g/mol. The fourth-order valence-electron chi connectivity index (χ4n) is 2.14. The third-order valence-electron chi connectivity index (χ3n) is 3.18. The lowest BCUT2D eigenvalue weighted by atomic mass is 10.2. The number of amidine groups is 1. The Morgan fingerprint density at radius 1 is 1.32 bits per heavy atom. The molecular formula is C13H14FN5. The van der Waals surface area contributed by atoms with Gasteiger partial charge in [-0.25, -0.2) is 4.98 Å². The molecule has 0 radical (unpaired) electrons. The number of fused-ring (bicyclic) bond motifs is 1. The summed E-state index contributed by atoms with van der Waals surface area (Å²) in [4.78, 5) is 9.52. The van der Waals surface area contributed by atoms with Gasteiger partial charge in [-0.15, -0.1) is 0 Å². The van der Waals surface area contributed by atoms with Crippen LogP contribution in [-0.2, 0) is 13.6 Å². The summed E-state index contributed by atoms with van der Waals surface area (Å²) in [5.41, 5.74) is 7.64. The van der Waals surface area contributed by atoms with Crippen LogP contribution in [0, 0.1) is 0 Å². The lowest BCUT2D eigenvalue weighted by Gasteiger charge is -2.30. The first-order chi connectivity index (χ1) is 9.16. The molecule has 2 aromatic rings. The quantitative estimate of drug-likeness (QED) is 0.837. The van der Waals surface area contributed by atoms with Crippen molar-refractivity contribution in [3.8, 4) is 0 Å². The molecule has 0 saturated carbocycles. The van der Waals surface area contributed by atoms with Crippen molar-refractivity contribution in [1.29, 1.82) is 0 Å². The molecule has 0 saturated heterocycles. The third-order valence-corrected chi connectivity index (χ3v) is 3.18. The van der Waals surface area contributed by atoms with Crippen molar-refractivity contribution in [2.45, 2.75) is 12.7 Å². The van der Waals surface area contributed by atoms with Crippen LogP contribution in [0.3, 0.4) is 0 Å². The third kappa shape index (κ3) is 2.00. The molecule has 3 rings (SSSR count). The van der Waals surface area contributed by atoms with Crippen LogP contribution in [0.4, 0.5) is 10.2 Å². The van der Waals surface area contributed by atoms with Crippen LogP contribution in [0.25, 0.3) is 0 Å². The molecule has 2 N–H and O–H groups in total. The Kier molecular flexibility index (Phi) is 2.79. The first-order valence-electron chi connectivity index (χ1n) is 5.98. The molecule has 1 aliphatic heterocycles. The minimum atomic E-state index is -0.617. The topological polar surface area (TPSA) is 59.4 Å². The van der Waals surface area contributed by atoms with Crippen molar-refractivity contribution >= 4 is 11.9 Å². The highest BCUT2D eigenvalue weighted by Gasteiger charge is 2.30. The van der Waals surface area contributed by atoms with Crippen molar-refractivity contribution in [3.63, 3.8) is 0 Å². The maximum absolute atomic E-state index is 14.1. The van der Waals surface area contributed by atoms with Crippen LogP contribution in [-0.4, -0.2) is 20.5 Å². The molecule has 1 unspecified atom stereocenters. The zero-order valence-corrected chi connectivity index (χ0v) is 10.5. The summed E-state index contributed by atoms with van der Waals surface area (Å²) in [5, 5.41) is 0. The van der Waals surface area contributed by atoms with E-state index in [0.717, 1.165) is 5.56 Å². The van der Waals surface area contributed by atoms with Gasteiger partial charge in [0.05, 0.1) is 6.33 Å². The summed E-state index contributed by atoms with van der Waals surface area (Å²) in [6.45, 7) is 0.368. The van der Waals surface area contributed by atoms with Crippen molar-refractivity contribution in [2.24, 2.45) is 17.8 Å². The SMILES string of the molecule is Cn1cnc2c1N=C(F)N(Cc1ccccc1)C2N. The maximum Gasteiger partial charge on any atom is 0.288 e. The van der Waals surface area contributed by atoms with Crippen molar-refractivity contribution in [2.75, 3.05) is 0 Å². The van der Waals surface area contributed by atoms with Gasteiger partial charge in [0, 0.05) is 13.6 Å². The van der Waals surface area contributed by atoms with E-state index >= 15 is 0 Å². The molecule has 0 aliphatic carbocycles. The normalized spacial score (nSPS) is 18.2. The van der Waals surface area contributed by atoms with Crippen LogP contribution in [0.5, 0.6) is 0 Å². The van der Waals surface area contributed by atoms with Gasteiger partial charge in [-0.1, -0.05) is 30.3 Å². The minimum Gasteiger partial charge on any atom is -0.318 e. The van der Waals surface area contributed by atoms with Crippen molar-refractivity contribution in [1.82, 2.24) is 14.5 Å². The van der Waals surface area contributed by atoms with Gasteiger partial charge in [-0.2, -0.15) is 9.38 Å². The Balaban J connectivity index is 1.93. The predicted molar refractivity (Wildman–Crippen MR) is 70.3 cm³/mol. The van der Waals surface area contributed by atoms with Crippen molar-refractivity contribution < 1.29 is 4.39 Å². The van der Waals surface area contributed by atoms with E-state index in [1.54, 1.807) is 17.9 Å². The number of aryl methyl sites for hydroxylation is 1. The van der Waals surface area contributed by atoms with Crippen LogP contribution in [0.2, 0.25) is 0 Å². The zero-order chi connectivity index (χ0) is 13.4. The van der Waals surface area contributed by atoms with Gasteiger partial charge in [0.1, 0.15) is 11.9 Å². The van der Waals surface area contributed by atoms with Crippen LogP contribution in [0.15, 0.2) is 41.7 Å². The van der Waals surface area contributed by atoms with Crippen LogP contribution in [0.1, 0.15) is 17.4 Å². The largest absolute Gasteiger partial charge is 0.318 e. The lowest BCUT2D eigenvalue weighted by molar-refractivity contribution is 0.276. The fourth-order valence-corrected chi connectivity index (χ4v) is 2.14. The monoisotopic (exact) mass is 259 g/mol. The zero-order valence-electron chi connectivity index (χ0n) is 10.5. The number of imidazole rings is 1. The van der Waals surface area contributed by atoms with E-state index in [0.29, 0.717) is 18.1 Å². The van der Waals surface area contributed by atoms with E-state index in [2.05, 4.69) is 9.98 Å². The Labute approximate surface area is 110 Å². The molecular weight excluding hydrogens is 245 g/mol. The number of rotatable bonds is 2. The van der Waals surface area contributed by atoms with Gasteiger partial charge in [-0.3, -0.25) is 0 Å². The highest BCUT2D eigenvalue weighted by molar-refractivity contribution is 5.78. The van der Waals surface area contributed by atoms with E-state index in [9.17, 15) is 4.39 Å². The smallest absolute Gasteiger partial charge is 0.288 e. The first kappa shape index (κ1) is 11.9. The molecule has 1 aromatic heterocycles. The van der Waals surface area contributed by atoms with E-state index in [4.69, 9.17) is 5.73 Å². The van der Waals surface area contributed by atoms with Crippen molar-refractivity contribution in [3.05, 3.63) is 47.9 Å². The lowest BCUT2D eigenvalue weighted by Crippen LogP contribution is -2.39. The van der Waals surface area contributed by atoms with E-state index in [1.165, 1.54) is 4.90 Å². The summed E-state index contributed by atoms with van der Waals surface area (Å²) < 4.78 is 15.7. The summed E-state index contributed by atoms with van der Waals surface area (Å²) in [7, 11) is 1.77. The Bertz CT molecular complexity index is 619. The molecule has 1 atom stereocenters. The average Bonchev–Trinajstić information content (AvgIpc) is 2.78. The molecule has 1 aliphatic rings. The minimum absolute atomic E-state index is 0.368. The van der Waals surface area contributed by atoms with Gasteiger partial charge in [0.25, 0.3) is 6.09 Å². The van der Waals surface area contributed by atoms with Gasteiger partial charge >= 0.3 is 0 Å². The van der Waals surface area contributed by atoms with Gasteiger partial charge in [0.15, 0.2) is 5.82 Å². The molecule has 19 heavy (non-hydrogen) atoms. The van der Waals surface area contributed by atoms with Gasteiger partial charge in [0.2, 0.25) is 0 Å². The summed E-state index contributed by atoms with van der Waals surface area (Å²) in [6, 6.07) is 9.58. The summed E-state index contributed by atoms with van der Waals surface area (Å²) in [6.07, 6.45) is 0.397. The molecule has 0 spiro atoms. The van der Waals surface area contributed by atoms with E-state index in [-0.39, 0.29) is 0 Å². The Hall–Kier alpha value is -2.21. The molecule has 6 heteroatoms. The first-order valence-corrected chi connectivity index (χ1v) is 5.98. The number of hydrogen-bond donors (Lipinski definition) is 1. The van der Waals surface area contributed by atoms with E-state index < -0.39 is 12.3 Å². The standard InChI is InChI=1S/C13H14FN5/c1-18-8-16-10-11(15)19(13(14)17-12(10)18)7-9-5-3-2-4-6-9/h2-6,8,11H,7,15H2,1H3. The molecule has 5 nitrogen and oxygen atoms in total. The Morgan fingerprint density at radius 3 is 2.79 bits per heavy atom. The second-order valence-electron chi connectivity index (χ2n) is 4.50. The van der Waals surface area contributed by atoms with Gasteiger partial charge < -0.3 is 15.2 Å². The molecule has 1 aromatic carbocycles. The molecule has 0 amide bonds. The van der Waals surface area contributed by atoms with Crippen LogP contribution < -0.4 is 5.73 Å². The Morgan fingerprint density at radius 2 is 2.05 bits per heavy atom. The number of hydrogen-bond acceptors (Lipinski definition) is 4. The molecule has 2 heterocycles. The number of aliphatic imine (C=N–C) groups is 1. The number of nitrogens with zero attached hydrogens (tertiary/aromatic N) is 4. The number of nitrogens with two attached hydrogens (primary N) is 1. The molecule has 98 valence electrons. The molecule has 0 fully saturated rings. The highest BCUT2D eigenvalue weighted by Crippen LogP contribution is 2.31. The summed E-state index contributed by atoms with van der Waals surface area (Å²) >= 11 is 0. The fraction of sp³-hybridized carbons (Fsp3) is 0.231. The predicted octanol–water partition coefficient (Wildman–Crippen LogP) is 1.85. The highest BCUT2D eigenvalue weighted by atomic mass is 19.1. The van der Waals surface area contributed by atoms with Crippen LogP contribution >= 0.6 is 0 Å².